The number of likely N-dealkylation sites (N-methyl/N-ethyl adjacent to an activating group) is 1. The zero-order valence-corrected chi connectivity index (χ0v) is 8.62. The maximum absolute atomic E-state index is 9.54. The number of hydrogen-bond donors (Lipinski definition) is 2. The van der Waals surface area contributed by atoms with Gasteiger partial charge in [-0.2, -0.15) is 0 Å². The molecule has 1 rings (SSSR count). The predicted molar refractivity (Wildman–Crippen MR) is 59.1 cm³/mol. The molecule has 3 heteroatoms. The van der Waals surface area contributed by atoms with E-state index in [0.29, 0.717) is 5.75 Å². The number of hydrogen-bond acceptors (Lipinski definition) is 3. The molecule has 1 aromatic rings. The first-order valence-corrected chi connectivity index (χ1v) is 4.69. The molecule has 14 heavy (non-hydrogen) atoms. The third kappa shape index (κ3) is 2.85. The third-order valence-corrected chi connectivity index (χ3v) is 2.00. The fourth-order valence-corrected chi connectivity index (χ4v) is 1.20. The SMILES string of the molecule is CNCC/N=C(\C)c1ccccc1O. The number of phenolic OH excluding ortho intramolecular Hbond substituents is 1. The van der Waals surface area contributed by atoms with Crippen molar-refractivity contribution in [3.8, 4) is 5.75 Å². The molecule has 0 aliphatic heterocycles. The van der Waals surface area contributed by atoms with Crippen molar-refractivity contribution >= 4 is 5.71 Å². The van der Waals surface area contributed by atoms with Gasteiger partial charge >= 0.3 is 0 Å². The Bertz CT molecular complexity index is 321. The Morgan fingerprint density at radius 2 is 2.14 bits per heavy atom. The Labute approximate surface area is 84.5 Å². The van der Waals surface area contributed by atoms with Crippen LogP contribution in [0.1, 0.15) is 12.5 Å². The average Bonchev–Trinajstić information content (AvgIpc) is 2.18. The highest BCUT2D eigenvalue weighted by Crippen LogP contribution is 2.16. The van der Waals surface area contributed by atoms with Crippen LogP contribution >= 0.6 is 0 Å². The van der Waals surface area contributed by atoms with Gasteiger partial charge in [0.15, 0.2) is 0 Å². The lowest BCUT2D eigenvalue weighted by atomic mass is 10.1. The first-order chi connectivity index (χ1) is 6.75. The van der Waals surface area contributed by atoms with Crippen LogP contribution in [0.25, 0.3) is 0 Å². The Morgan fingerprint density at radius 3 is 2.79 bits per heavy atom. The van der Waals surface area contributed by atoms with Crippen LogP contribution in [0.3, 0.4) is 0 Å². The van der Waals surface area contributed by atoms with Gasteiger partial charge < -0.3 is 10.4 Å². The fourth-order valence-electron chi connectivity index (χ4n) is 1.20. The second kappa shape index (κ2) is 5.40. The number of nitrogens with zero attached hydrogens (tertiary/aromatic N) is 1. The van der Waals surface area contributed by atoms with Gasteiger partial charge in [0, 0.05) is 17.8 Å². The van der Waals surface area contributed by atoms with Gasteiger partial charge in [0.25, 0.3) is 0 Å². The second-order valence-electron chi connectivity index (χ2n) is 3.09. The summed E-state index contributed by atoms with van der Waals surface area (Å²) in [5.74, 6) is 0.290. The van der Waals surface area contributed by atoms with Crippen LogP contribution in [0, 0.1) is 0 Å². The van der Waals surface area contributed by atoms with Crippen LogP contribution in [0.4, 0.5) is 0 Å². The monoisotopic (exact) mass is 192 g/mol. The zero-order chi connectivity index (χ0) is 10.4. The lowest BCUT2D eigenvalue weighted by molar-refractivity contribution is 0.474. The largest absolute Gasteiger partial charge is 0.507 e. The van der Waals surface area contributed by atoms with Crippen LogP contribution in [0.15, 0.2) is 29.3 Å². The topological polar surface area (TPSA) is 44.6 Å². The molecule has 0 aliphatic rings. The molecule has 3 nitrogen and oxygen atoms in total. The number of phenols is 1. The van der Waals surface area contributed by atoms with E-state index in [9.17, 15) is 5.11 Å². The summed E-state index contributed by atoms with van der Waals surface area (Å²) in [6.45, 7) is 3.49. The maximum Gasteiger partial charge on any atom is 0.124 e. The standard InChI is InChI=1S/C11H16N2O/c1-9(13-8-7-12-2)10-5-3-4-6-11(10)14/h3-6,12,14H,7-8H2,1-2H3/b13-9+. The molecule has 1 aromatic carbocycles. The molecule has 0 atom stereocenters. The van der Waals surface area contributed by atoms with Crippen LogP contribution in [0.5, 0.6) is 5.75 Å². The number of aromatic hydroxyl groups is 1. The van der Waals surface area contributed by atoms with Crippen molar-refractivity contribution in [2.45, 2.75) is 6.92 Å². The van der Waals surface area contributed by atoms with E-state index in [-0.39, 0.29) is 0 Å². The van der Waals surface area contributed by atoms with E-state index in [1.54, 1.807) is 12.1 Å². The van der Waals surface area contributed by atoms with Gasteiger partial charge in [-0.3, -0.25) is 4.99 Å². The van der Waals surface area contributed by atoms with Crippen molar-refractivity contribution in [2.24, 2.45) is 4.99 Å². The summed E-state index contributed by atoms with van der Waals surface area (Å²) in [6, 6.07) is 7.24. The van der Waals surface area contributed by atoms with E-state index in [1.165, 1.54) is 0 Å². The zero-order valence-electron chi connectivity index (χ0n) is 8.62. The summed E-state index contributed by atoms with van der Waals surface area (Å²) in [4.78, 5) is 4.34. The van der Waals surface area contributed by atoms with Crippen molar-refractivity contribution in [1.82, 2.24) is 5.32 Å². The minimum absolute atomic E-state index is 0.290. The van der Waals surface area contributed by atoms with Crippen molar-refractivity contribution in [3.05, 3.63) is 29.8 Å². The van der Waals surface area contributed by atoms with E-state index < -0.39 is 0 Å². The van der Waals surface area contributed by atoms with Gasteiger partial charge in [0.1, 0.15) is 5.75 Å². The molecule has 0 unspecified atom stereocenters. The molecular formula is C11H16N2O. The van der Waals surface area contributed by atoms with E-state index in [1.807, 2.05) is 26.1 Å². The molecular weight excluding hydrogens is 176 g/mol. The summed E-state index contributed by atoms with van der Waals surface area (Å²) < 4.78 is 0. The smallest absolute Gasteiger partial charge is 0.124 e. The molecule has 0 saturated heterocycles. The first-order valence-electron chi connectivity index (χ1n) is 4.69. The molecule has 0 saturated carbocycles. The van der Waals surface area contributed by atoms with Crippen molar-refractivity contribution in [3.63, 3.8) is 0 Å². The van der Waals surface area contributed by atoms with Gasteiger partial charge in [0.05, 0.1) is 6.54 Å². The molecule has 76 valence electrons. The summed E-state index contributed by atoms with van der Waals surface area (Å²) in [5, 5.41) is 12.6. The highest BCUT2D eigenvalue weighted by molar-refractivity contribution is 6.00. The average molecular weight is 192 g/mol. The molecule has 0 radical (unpaired) electrons. The molecule has 0 aromatic heterocycles. The molecule has 0 heterocycles. The summed E-state index contributed by atoms with van der Waals surface area (Å²) in [6.07, 6.45) is 0. The molecule has 0 bridgehead atoms. The minimum Gasteiger partial charge on any atom is -0.507 e. The first kappa shape index (κ1) is 10.7. The number of nitrogens with one attached hydrogen (secondary N) is 1. The highest BCUT2D eigenvalue weighted by atomic mass is 16.3. The number of aliphatic imine (C=N–C) groups is 1. The molecule has 0 fully saturated rings. The van der Waals surface area contributed by atoms with Gasteiger partial charge in [-0.05, 0) is 26.1 Å². The van der Waals surface area contributed by atoms with Gasteiger partial charge in [-0.1, -0.05) is 12.1 Å². The molecule has 0 spiro atoms. The normalized spacial score (nSPS) is 11.7. The van der Waals surface area contributed by atoms with Gasteiger partial charge in [0.2, 0.25) is 0 Å². The van der Waals surface area contributed by atoms with Gasteiger partial charge in [-0.15, -0.1) is 0 Å². The number of benzene rings is 1. The highest BCUT2D eigenvalue weighted by Gasteiger charge is 2.01. The molecule has 2 N–H and O–H groups in total. The van der Waals surface area contributed by atoms with Crippen molar-refractivity contribution in [1.29, 1.82) is 0 Å². The van der Waals surface area contributed by atoms with Crippen LogP contribution in [-0.4, -0.2) is 31.0 Å². The Hall–Kier alpha value is -1.35. The van der Waals surface area contributed by atoms with Gasteiger partial charge in [-0.25, -0.2) is 0 Å². The minimum atomic E-state index is 0.290. The summed E-state index contributed by atoms with van der Waals surface area (Å²) in [7, 11) is 1.89. The van der Waals surface area contributed by atoms with Crippen LogP contribution < -0.4 is 5.32 Å². The fraction of sp³-hybridized carbons (Fsp3) is 0.364. The Balaban J connectivity index is 2.73. The number of para-hydroxylation sites is 1. The number of rotatable bonds is 4. The van der Waals surface area contributed by atoms with Crippen molar-refractivity contribution in [2.75, 3.05) is 20.1 Å². The second-order valence-corrected chi connectivity index (χ2v) is 3.09. The lowest BCUT2D eigenvalue weighted by Crippen LogP contribution is -2.11. The quantitative estimate of drug-likeness (QED) is 0.559. The summed E-state index contributed by atoms with van der Waals surface area (Å²) in [5.41, 5.74) is 1.68. The Kier molecular flexibility index (Phi) is 4.13. The lowest BCUT2D eigenvalue weighted by Gasteiger charge is -2.03. The van der Waals surface area contributed by atoms with E-state index in [0.717, 1.165) is 24.4 Å². The van der Waals surface area contributed by atoms with E-state index in [4.69, 9.17) is 0 Å². The summed E-state index contributed by atoms with van der Waals surface area (Å²) >= 11 is 0. The predicted octanol–water partition coefficient (Wildman–Crippen LogP) is 1.42. The van der Waals surface area contributed by atoms with E-state index in [2.05, 4.69) is 10.3 Å². The molecule has 0 amide bonds. The Morgan fingerprint density at radius 1 is 1.43 bits per heavy atom. The third-order valence-electron chi connectivity index (χ3n) is 2.00. The van der Waals surface area contributed by atoms with E-state index >= 15 is 0 Å². The van der Waals surface area contributed by atoms with Crippen LogP contribution in [-0.2, 0) is 0 Å². The maximum atomic E-state index is 9.54. The van der Waals surface area contributed by atoms with Crippen molar-refractivity contribution < 1.29 is 5.11 Å². The molecule has 0 aliphatic carbocycles. The van der Waals surface area contributed by atoms with Crippen LogP contribution in [0.2, 0.25) is 0 Å².